The van der Waals surface area contributed by atoms with Crippen molar-refractivity contribution in [2.75, 3.05) is 20.3 Å². The minimum atomic E-state index is -0.170. The Kier molecular flexibility index (Phi) is 7.40. The van der Waals surface area contributed by atoms with Crippen molar-refractivity contribution in [2.45, 2.75) is 33.0 Å². The van der Waals surface area contributed by atoms with Crippen molar-refractivity contribution in [3.63, 3.8) is 0 Å². The molecule has 3 rings (SSSR count). The normalized spacial score (nSPS) is 12.2. The lowest BCUT2D eigenvalue weighted by molar-refractivity contribution is -0.928. The third-order valence-corrected chi connectivity index (χ3v) is 5.05. The molecule has 0 radical (unpaired) electrons. The number of halogens is 1. The Bertz CT molecular complexity index is 857. The molecule has 0 aliphatic heterocycles. The number of hydrogen-bond donors (Lipinski definition) is 1. The third-order valence-electron chi connectivity index (χ3n) is 5.05. The SMILES string of the molecule is COCCC[NH+](Cc1cccc(F)c1)Cc1cccn1Cc1ccc(C)cc1. The van der Waals surface area contributed by atoms with Crippen molar-refractivity contribution in [3.8, 4) is 0 Å². The molecule has 3 aromatic rings. The maximum absolute atomic E-state index is 13.6. The maximum atomic E-state index is 13.6. The van der Waals surface area contributed by atoms with Crippen LogP contribution >= 0.6 is 0 Å². The fraction of sp³-hybridized carbons (Fsp3) is 0.333. The highest BCUT2D eigenvalue weighted by Gasteiger charge is 2.14. The van der Waals surface area contributed by atoms with Crippen molar-refractivity contribution in [1.29, 1.82) is 0 Å². The van der Waals surface area contributed by atoms with Gasteiger partial charge in [0, 0.05) is 31.8 Å². The number of quaternary nitrogens is 1. The Balaban J connectivity index is 1.71. The van der Waals surface area contributed by atoms with Gasteiger partial charge in [-0.1, -0.05) is 42.0 Å². The van der Waals surface area contributed by atoms with Gasteiger partial charge in [0.05, 0.1) is 18.8 Å². The van der Waals surface area contributed by atoms with Gasteiger partial charge in [0.25, 0.3) is 0 Å². The molecule has 1 atom stereocenters. The van der Waals surface area contributed by atoms with Crippen LogP contribution in [0.2, 0.25) is 0 Å². The minimum Gasteiger partial charge on any atom is -0.384 e. The Morgan fingerprint density at radius 3 is 2.54 bits per heavy atom. The van der Waals surface area contributed by atoms with E-state index in [1.165, 1.54) is 27.8 Å². The van der Waals surface area contributed by atoms with Crippen LogP contribution in [0.5, 0.6) is 0 Å². The van der Waals surface area contributed by atoms with Crippen LogP contribution in [0.3, 0.4) is 0 Å². The molecular formula is C24H30FN2O+. The lowest BCUT2D eigenvalue weighted by Gasteiger charge is -2.21. The molecule has 0 bridgehead atoms. The monoisotopic (exact) mass is 381 g/mol. The first kappa shape index (κ1) is 20.3. The Hall–Kier alpha value is -2.43. The number of benzene rings is 2. The summed E-state index contributed by atoms with van der Waals surface area (Å²) in [5, 5.41) is 0. The van der Waals surface area contributed by atoms with E-state index < -0.39 is 0 Å². The van der Waals surface area contributed by atoms with Gasteiger partial charge in [-0.15, -0.1) is 0 Å². The van der Waals surface area contributed by atoms with Gasteiger partial charge in [0.1, 0.15) is 18.9 Å². The zero-order valence-electron chi connectivity index (χ0n) is 16.8. The fourth-order valence-corrected chi connectivity index (χ4v) is 3.55. The summed E-state index contributed by atoms with van der Waals surface area (Å²) < 4.78 is 21.1. The Morgan fingerprint density at radius 1 is 0.964 bits per heavy atom. The molecule has 148 valence electrons. The average Bonchev–Trinajstić information content (AvgIpc) is 3.10. The minimum absolute atomic E-state index is 0.170. The maximum Gasteiger partial charge on any atom is 0.123 e. The first-order chi connectivity index (χ1) is 13.6. The number of aryl methyl sites for hydroxylation is 1. The Labute approximate surface area is 167 Å². The molecule has 0 amide bonds. The predicted octanol–water partition coefficient (Wildman–Crippen LogP) is 3.61. The van der Waals surface area contributed by atoms with Crippen molar-refractivity contribution in [1.82, 2.24) is 4.57 Å². The molecule has 0 fully saturated rings. The molecule has 1 N–H and O–H groups in total. The second-order valence-corrected chi connectivity index (χ2v) is 7.44. The van der Waals surface area contributed by atoms with E-state index in [0.29, 0.717) is 0 Å². The van der Waals surface area contributed by atoms with Crippen LogP contribution in [0.25, 0.3) is 0 Å². The first-order valence-corrected chi connectivity index (χ1v) is 9.90. The highest BCUT2D eigenvalue weighted by Crippen LogP contribution is 2.09. The van der Waals surface area contributed by atoms with E-state index in [-0.39, 0.29) is 5.82 Å². The Morgan fingerprint density at radius 2 is 1.79 bits per heavy atom. The van der Waals surface area contributed by atoms with Gasteiger partial charge in [-0.25, -0.2) is 4.39 Å². The molecule has 1 unspecified atom stereocenters. The predicted molar refractivity (Wildman–Crippen MR) is 111 cm³/mol. The fourth-order valence-electron chi connectivity index (χ4n) is 3.55. The standard InChI is InChI=1S/C24H29FN2O/c1-20-9-11-21(12-10-20)18-27-14-4-8-24(27)19-26(13-5-15-28-2)17-22-6-3-7-23(25)16-22/h3-4,6-12,14,16H,5,13,15,17-19H2,1-2H3/p+1. The molecule has 0 spiro atoms. The number of methoxy groups -OCH3 is 1. The molecular weight excluding hydrogens is 351 g/mol. The van der Waals surface area contributed by atoms with E-state index in [1.54, 1.807) is 19.2 Å². The summed E-state index contributed by atoms with van der Waals surface area (Å²) in [7, 11) is 1.74. The summed E-state index contributed by atoms with van der Waals surface area (Å²) in [5.41, 5.74) is 4.91. The number of rotatable bonds is 10. The van der Waals surface area contributed by atoms with Gasteiger partial charge in [-0.3, -0.25) is 0 Å². The van der Waals surface area contributed by atoms with E-state index >= 15 is 0 Å². The highest BCUT2D eigenvalue weighted by atomic mass is 19.1. The lowest BCUT2D eigenvalue weighted by atomic mass is 10.1. The molecule has 0 aliphatic carbocycles. The van der Waals surface area contributed by atoms with Crippen molar-refractivity contribution >= 4 is 0 Å². The zero-order chi connectivity index (χ0) is 19.8. The van der Waals surface area contributed by atoms with Crippen LogP contribution in [0.4, 0.5) is 4.39 Å². The van der Waals surface area contributed by atoms with Crippen LogP contribution in [0.1, 0.15) is 28.8 Å². The van der Waals surface area contributed by atoms with E-state index in [2.05, 4.69) is 54.1 Å². The summed E-state index contributed by atoms with van der Waals surface area (Å²) in [5.74, 6) is -0.170. The van der Waals surface area contributed by atoms with Gasteiger partial charge < -0.3 is 14.2 Å². The van der Waals surface area contributed by atoms with Gasteiger partial charge in [0.15, 0.2) is 0 Å². The largest absolute Gasteiger partial charge is 0.384 e. The molecule has 28 heavy (non-hydrogen) atoms. The van der Waals surface area contributed by atoms with E-state index in [4.69, 9.17) is 4.74 Å². The molecule has 0 saturated heterocycles. The topological polar surface area (TPSA) is 18.6 Å². The van der Waals surface area contributed by atoms with Gasteiger partial charge in [-0.05, 0) is 36.8 Å². The quantitative estimate of drug-likeness (QED) is 0.532. The number of nitrogens with zero attached hydrogens (tertiary/aromatic N) is 1. The van der Waals surface area contributed by atoms with Crippen LogP contribution in [0.15, 0.2) is 66.9 Å². The summed E-state index contributed by atoms with van der Waals surface area (Å²) in [6.45, 7) is 6.42. The number of ether oxygens (including phenoxy) is 1. The molecule has 3 nitrogen and oxygen atoms in total. The molecule has 0 saturated carbocycles. The number of aromatic nitrogens is 1. The molecule has 2 aromatic carbocycles. The zero-order valence-corrected chi connectivity index (χ0v) is 16.8. The van der Waals surface area contributed by atoms with Crippen LogP contribution in [-0.2, 0) is 24.4 Å². The van der Waals surface area contributed by atoms with E-state index in [9.17, 15) is 4.39 Å². The first-order valence-electron chi connectivity index (χ1n) is 9.90. The summed E-state index contributed by atoms with van der Waals surface area (Å²) in [4.78, 5) is 1.41. The van der Waals surface area contributed by atoms with E-state index in [1.807, 2.05) is 6.07 Å². The molecule has 4 heteroatoms. The summed E-state index contributed by atoms with van der Waals surface area (Å²) in [6.07, 6.45) is 3.13. The van der Waals surface area contributed by atoms with Gasteiger partial charge in [0.2, 0.25) is 0 Å². The average molecular weight is 382 g/mol. The van der Waals surface area contributed by atoms with Crippen LogP contribution in [-0.4, -0.2) is 24.8 Å². The van der Waals surface area contributed by atoms with Gasteiger partial charge in [-0.2, -0.15) is 0 Å². The van der Waals surface area contributed by atoms with Crippen LogP contribution in [0, 0.1) is 12.7 Å². The molecule has 1 heterocycles. The third kappa shape index (κ3) is 6.04. The molecule has 0 aliphatic rings. The number of hydrogen-bond acceptors (Lipinski definition) is 1. The van der Waals surface area contributed by atoms with Crippen molar-refractivity contribution in [2.24, 2.45) is 0 Å². The van der Waals surface area contributed by atoms with Crippen LogP contribution < -0.4 is 4.90 Å². The second-order valence-electron chi connectivity index (χ2n) is 7.44. The number of nitrogens with one attached hydrogen (secondary N) is 1. The second kappa shape index (κ2) is 10.2. The lowest BCUT2D eigenvalue weighted by Crippen LogP contribution is -3.09. The molecule has 1 aromatic heterocycles. The smallest absolute Gasteiger partial charge is 0.123 e. The summed E-state index contributed by atoms with van der Waals surface area (Å²) >= 11 is 0. The summed E-state index contributed by atoms with van der Waals surface area (Å²) in [6, 6.07) is 19.9. The van der Waals surface area contributed by atoms with Crippen molar-refractivity contribution < 1.29 is 14.0 Å². The van der Waals surface area contributed by atoms with Gasteiger partial charge >= 0.3 is 0 Å². The van der Waals surface area contributed by atoms with Crippen molar-refractivity contribution in [3.05, 3.63) is 95.1 Å². The van der Waals surface area contributed by atoms with E-state index in [0.717, 1.165) is 44.8 Å². The highest BCUT2D eigenvalue weighted by molar-refractivity contribution is 5.22.